The highest BCUT2D eigenvalue weighted by Crippen LogP contribution is 2.19. The Morgan fingerprint density at radius 3 is 2.32 bits per heavy atom. The molecule has 0 aromatic heterocycles. The van der Waals surface area contributed by atoms with Gasteiger partial charge in [-0.2, -0.15) is 0 Å². The van der Waals surface area contributed by atoms with Crippen molar-refractivity contribution in [3.8, 4) is 0 Å². The third-order valence-electron chi connectivity index (χ3n) is 3.03. The van der Waals surface area contributed by atoms with Crippen molar-refractivity contribution >= 4 is 11.6 Å². The lowest BCUT2D eigenvalue weighted by Gasteiger charge is -2.28. The Labute approximate surface area is 120 Å². The van der Waals surface area contributed by atoms with Crippen molar-refractivity contribution in [2.45, 2.75) is 38.9 Å². The first-order chi connectivity index (χ1) is 8.81. The molecule has 0 fully saturated rings. The highest BCUT2D eigenvalue weighted by atomic mass is 35.5. The van der Waals surface area contributed by atoms with Crippen LogP contribution in [0.25, 0.3) is 0 Å². The quantitative estimate of drug-likeness (QED) is 0.810. The number of nitrogens with zero attached hydrogens (tertiary/aromatic N) is 1. The van der Waals surface area contributed by atoms with Gasteiger partial charge in [0, 0.05) is 18.1 Å². The molecule has 0 spiro atoms. The number of hydrogen-bond acceptors (Lipinski definition) is 3. The minimum absolute atomic E-state index is 0.492. The molecule has 1 aromatic rings. The zero-order valence-electron chi connectivity index (χ0n) is 11.9. The zero-order chi connectivity index (χ0) is 14.5. The Morgan fingerprint density at radius 1 is 1.26 bits per heavy atom. The zero-order valence-corrected chi connectivity index (χ0v) is 12.7. The van der Waals surface area contributed by atoms with Crippen LogP contribution in [0, 0.1) is 0 Å². The monoisotopic (exact) mass is 285 g/mol. The van der Waals surface area contributed by atoms with Crippen molar-refractivity contribution in [2.75, 3.05) is 19.6 Å². The van der Waals surface area contributed by atoms with E-state index in [1.807, 2.05) is 12.1 Å². The van der Waals surface area contributed by atoms with Crippen molar-refractivity contribution in [1.82, 2.24) is 4.90 Å². The molecule has 19 heavy (non-hydrogen) atoms. The molecule has 0 amide bonds. The van der Waals surface area contributed by atoms with E-state index < -0.39 is 11.7 Å². The number of benzene rings is 1. The molecular formula is C15H24ClNO2. The van der Waals surface area contributed by atoms with E-state index >= 15 is 0 Å². The van der Waals surface area contributed by atoms with Gasteiger partial charge in [-0.05, 0) is 44.5 Å². The summed E-state index contributed by atoms with van der Waals surface area (Å²) in [6, 6.07) is 7.27. The lowest BCUT2D eigenvalue weighted by atomic mass is 10.1. The molecule has 0 aliphatic carbocycles. The second-order valence-electron chi connectivity index (χ2n) is 5.54. The van der Waals surface area contributed by atoms with Crippen LogP contribution >= 0.6 is 11.6 Å². The predicted molar refractivity (Wildman–Crippen MR) is 79.4 cm³/mol. The molecule has 2 N–H and O–H groups in total. The number of likely N-dealkylation sites (N-methyl/N-ethyl adjacent to an activating group) is 1. The maximum absolute atomic E-state index is 10.1. The lowest BCUT2D eigenvalue weighted by molar-refractivity contribution is 0.0322. The topological polar surface area (TPSA) is 43.7 Å². The Bertz CT molecular complexity index is 373. The predicted octanol–water partition coefficient (Wildman–Crippen LogP) is 2.86. The third kappa shape index (κ3) is 6.39. The molecule has 0 heterocycles. The summed E-state index contributed by atoms with van der Waals surface area (Å²) < 4.78 is 0. The van der Waals surface area contributed by atoms with Crippen LogP contribution in [0.2, 0.25) is 5.02 Å². The van der Waals surface area contributed by atoms with E-state index in [-0.39, 0.29) is 0 Å². The van der Waals surface area contributed by atoms with Gasteiger partial charge >= 0.3 is 0 Å². The van der Waals surface area contributed by atoms with E-state index in [4.69, 9.17) is 11.6 Å². The third-order valence-corrected chi connectivity index (χ3v) is 3.28. The average Bonchev–Trinajstić information content (AvgIpc) is 2.33. The first-order valence-electron chi connectivity index (χ1n) is 6.70. The van der Waals surface area contributed by atoms with Crippen molar-refractivity contribution in [2.24, 2.45) is 0 Å². The van der Waals surface area contributed by atoms with Crippen LogP contribution in [0.5, 0.6) is 0 Å². The summed E-state index contributed by atoms with van der Waals surface area (Å²) in [5.74, 6) is 0. The molecule has 0 bridgehead atoms. The van der Waals surface area contributed by atoms with E-state index in [0.717, 1.165) is 18.7 Å². The second-order valence-corrected chi connectivity index (χ2v) is 5.97. The van der Waals surface area contributed by atoms with E-state index in [1.54, 1.807) is 26.0 Å². The summed E-state index contributed by atoms with van der Waals surface area (Å²) in [5.41, 5.74) is 0.171. The van der Waals surface area contributed by atoms with Crippen LogP contribution < -0.4 is 0 Å². The highest BCUT2D eigenvalue weighted by molar-refractivity contribution is 6.30. The molecule has 1 rings (SSSR count). The van der Waals surface area contributed by atoms with Crippen LogP contribution in [-0.2, 0) is 0 Å². The lowest BCUT2D eigenvalue weighted by Crippen LogP contribution is -2.39. The summed E-state index contributed by atoms with van der Waals surface area (Å²) in [5, 5.41) is 20.6. The molecule has 4 heteroatoms. The molecule has 0 saturated heterocycles. The minimum Gasteiger partial charge on any atom is -0.389 e. The van der Waals surface area contributed by atoms with Gasteiger partial charge in [-0.3, -0.25) is 0 Å². The van der Waals surface area contributed by atoms with E-state index in [2.05, 4.69) is 11.8 Å². The molecule has 0 aliphatic rings. The number of halogens is 1. The van der Waals surface area contributed by atoms with Gasteiger partial charge < -0.3 is 15.1 Å². The van der Waals surface area contributed by atoms with Gasteiger partial charge in [0.1, 0.15) is 0 Å². The van der Waals surface area contributed by atoms with Crippen molar-refractivity contribution < 1.29 is 10.2 Å². The molecule has 0 radical (unpaired) electrons. The normalized spacial score (nSPS) is 13.8. The molecule has 1 aromatic carbocycles. The van der Waals surface area contributed by atoms with Gasteiger partial charge in [0.2, 0.25) is 0 Å². The van der Waals surface area contributed by atoms with Crippen molar-refractivity contribution in [3.63, 3.8) is 0 Å². The fourth-order valence-corrected chi connectivity index (χ4v) is 2.18. The Balaban J connectivity index is 2.48. The van der Waals surface area contributed by atoms with Crippen LogP contribution in [0.3, 0.4) is 0 Å². The number of rotatable bonds is 7. The van der Waals surface area contributed by atoms with Crippen molar-refractivity contribution in [3.05, 3.63) is 34.9 Å². The van der Waals surface area contributed by atoms with E-state index in [9.17, 15) is 10.2 Å². The fourth-order valence-electron chi connectivity index (χ4n) is 2.05. The number of hydrogen-bond donors (Lipinski definition) is 2. The van der Waals surface area contributed by atoms with Crippen LogP contribution in [-0.4, -0.2) is 40.3 Å². The first kappa shape index (κ1) is 16.4. The molecular weight excluding hydrogens is 262 g/mol. The summed E-state index contributed by atoms with van der Waals surface area (Å²) in [4.78, 5) is 2.14. The molecule has 108 valence electrons. The Hall–Kier alpha value is -0.610. The molecule has 1 atom stereocenters. The molecule has 0 aliphatic heterocycles. The fraction of sp³-hybridized carbons (Fsp3) is 0.600. The van der Waals surface area contributed by atoms with Gasteiger partial charge in [0.25, 0.3) is 0 Å². The number of aliphatic hydroxyl groups excluding tert-OH is 1. The summed E-state index contributed by atoms with van der Waals surface area (Å²) in [6.07, 6.45) is 0.152. The van der Waals surface area contributed by atoms with Crippen LogP contribution in [0.4, 0.5) is 0 Å². The minimum atomic E-state index is -0.707. The van der Waals surface area contributed by atoms with Crippen molar-refractivity contribution in [1.29, 1.82) is 0 Å². The van der Waals surface area contributed by atoms with Gasteiger partial charge in [-0.25, -0.2) is 0 Å². The van der Waals surface area contributed by atoms with Gasteiger partial charge in [0.05, 0.1) is 11.7 Å². The molecule has 3 nitrogen and oxygen atoms in total. The number of aliphatic hydroxyl groups is 2. The smallest absolute Gasteiger partial charge is 0.0802 e. The molecule has 0 saturated carbocycles. The summed E-state index contributed by atoms with van der Waals surface area (Å²) in [6.45, 7) is 7.87. The Morgan fingerprint density at radius 2 is 1.84 bits per heavy atom. The first-order valence-corrected chi connectivity index (χ1v) is 7.08. The van der Waals surface area contributed by atoms with Gasteiger partial charge in [-0.1, -0.05) is 30.7 Å². The average molecular weight is 286 g/mol. The van der Waals surface area contributed by atoms with Gasteiger partial charge in [0.15, 0.2) is 0 Å². The van der Waals surface area contributed by atoms with E-state index in [0.29, 0.717) is 18.0 Å². The van der Waals surface area contributed by atoms with Crippen LogP contribution in [0.1, 0.15) is 38.9 Å². The highest BCUT2D eigenvalue weighted by Gasteiger charge is 2.18. The summed E-state index contributed by atoms with van der Waals surface area (Å²) >= 11 is 5.82. The Kier molecular flexibility index (Phi) is 6.27. The van der Waals surface area contributed by atoms with E-state index in [1.165, 1.54) is 0 Å². The SMILES string of the molecule is CCN(CCC(O)c1ccc(Cl)cc1)CC(C)(C)O. The standard InChI is InChI=1S/C15H24ClNO2/c1-4-17(11-15(2,3)19)10-9-14(18)12-5-7-13(16)8-6-12/h5-8,14,18-19H,4,9-11H2,1-3H3. The maximum Gasteiger partial charge on any atom is 0.0802 e. The van der Waals surface area contributed by atoms with Crippen LogP contribution in [0.15, 0.2) is 24.3 Å². The molecule has 1 unspecified atom stereocenters. The largest absolute Gasteiger partial charge is 0.389 e. The maximum atomic E-state index is 10.1. The second kappa shape index (κ2) is 7.25. The summed E-state index contributed by atoms with van der Waals surface area (Å²) in [7, 11) is 0. The van der Waals surface area contributed by atoms with Gasteiger partial charge in [-0.15, -0.1) is 0 Å².